The van der Waals surface area contributed by atoms with Crippen LogP contribution in [-0.4, -0.2) is 17.4 Å². The highest BCUT2D eigenvalue weighted by Gasteiger charge is 1.99. The minimum atomic E-state index is -0.0635. The summed E-state index contributed by atoms with van der Waals surface area (Å²) in [6.45, 7) is 4.51. The predicted molar refractivity (Wildman–Crippen MR) is 67.5 cm³/mol. The van der Waals surface area contributed by atoms with E-state index in [0.29, 0.717) is 6.54 Å². The molecular weight excluding hydrogens is 220 g/mol. The number of allylic oxidation sites excluding steroid dienone is 3. The fourth-order valence-electron chi connectivity index (χ4n) is 1.12. The van der Waals surface area contributed by atoms with Gasteiger partial charge in [0.1, 0.15) is 0 Å². The Morgan fingerprint density at radius 3 is 3.00 bits per heavy atom. The lowest BCUT2D eigenvalue weighted by molar-refractivity contribution is -0.116. The second-order valence-corrected chi connectivity index (χ2v) is 4.25. The van der Waals surface area contributed by atoms with Crippen molar-refractivity contribution in [2.24, 2.45) is 0 Å². The lowest BCUT2D eigenvalue weighted by atomic mass is 10.4. The summed E-state index contributed by atoms with van der Waals surface area (Å²) < 4.78 is 0. The zero-order chi connectivity index (χ0) is 11.8. The highest BCUT2D eigenvalue weighted by molar-refractivity contribution is 7.09. The van der Waals surface area contributed by atoms with Gasteiger partial charge in [-0.15, -0.1) is 11.3 Å². The number of thiazole rings is 1. The van der Waals surface area contributed by atoms with Gasteiger partial charge in [-0.3, -0.25) is 4.79 Å². The molecule has 0 fully saturated rings. The minimum absolute atomic E-state index is 0.0635. The molecule has 86 valence electrons. The Balaban J connectivity index is 2.23. The van der Waals surface area contributed by atoms with Crippen LogP contribution in [0.15, 0.2) is 29.7 Å². The van der Waals surface area contributed by atoms with E-state index in [0.717, 1.165) is 17.1 Å². The molecule has 0 saturated heterocycles. The van der Waals surface area contributed by atoms with Gasteiger partial charge in [-0.2, -0.15) is 0 Å². The van der Waals surface area contributed by atoms with E-state index in [1.165, 1.54) is 6.08 Å². The van der Waals surface area contributed by atoms with Gasteiger partial charge in [0, 0.05) is 30.1 Å². The van der Waals surface area contributed by atoms with Crippen molar-refractivity contribution in [3.05, 3.63) is 40.4 Å². The maximum atomic E-state index is 11.3. The zero-order valence-electron chi connectivity index (χ0n) is 9.56. The summed E-state index contributed by atoms with van der Waals surface area (Å²) in [5.41, 5.74) is 1.04. The topological polar surface area (TPSA) is 42.0 Å². The van der Waals surface area contributed by atoms with E-state index >= 15 is 0 Å². The molecule has 0 radical (unpaired) electrons. The van der Waals surface area contributed by atoms with Crippen molar-refractivity contribution >= 4 is 17.2 Å². The van der Waals surface area contributed by atoms with E-state index < -0.39 is 0 Å². The largest absolute Gasteiger partial charge is 0.352 e. The molecule has 0 aliphatic heterocycles. The molecule has 4 heteroatoms. The number of rotatable bonds is 5. The highest BCUT2D eigenvalue weighted by atomic mass is 32.1. The molecule has 3 nitrogen and oxygen atoms in total. The van der Waals surface area contributed by atoms with Gasteiger partial charge in [0.05, 0.1) is 5.01 Å². The number of hydrogen-bond acceptors (Lipinski definition) is 3. The summed E-state index contributed by atoms with van der Waals surface area (Å²) in [6, 6.07) is 0. The van der Waals surface area contributed by atoms with Gasteiger partial charge >= 0.3 is 0 Å². The Kier molecular flexibility index (Phi) is 5.50. The maximum Gasteiger partial charge on any atom is 0.243 e. The van der Waals surface area contributed by atoms with Crippen LogP contribution < -0.4 is 5.32 Å². The standard InChI is InChI=1S/C12H16N2OS/c1-3-4-5-6-11(15)13-8-7-12-14-10(2)9-16-12/h3-6,9H,7-8H2,1-2H3,(H,13,15)/b4-3+,6-5+. The average molecular weight is 236 g/mol. The number of aromatic nitrogens is 1. The highest BCUT2D eigenvalue weighted by Crippen LogP contribution is 2.08. The summed E-state index contributed by atoms with van der Waals surface area (Å²) >= 11 is 1.63. The molecule has 0 atom stereocenters. The van der Waals surface area contributed by atoms with Gasteiger partial charge in [0.25, 0.3) is 0 Å². The fourth-order valence-corrected chi connectivity index (χ4v) is 1.90. The molecule has 1 N–H and O–H groups in total. The van der Waals surface area contributed by atoms with E-state index in [4.69, 9.17) is 0 Å². The van der Waals surface area contributed by atoms with Crippen molar-refractivity contribution in [3.63, 3.8) is 0 Å². The number of carbonyl (C=O) groups excluding carboxylic acids is 1. The lowest BCUT2D eigenvalue weighted by Crippen LogP contribution is -2.23. The van der Waals surface area contributed by atoms with Crippen molar-refractivity contribution in [2.45, 2.75) is 20.3 Å². The van der Waals surface area contributed by atoms with Gasteiger partial charge in [0.2, 0.25) is 5.91 Å². The van der Waals surface area contributed by atoms with E-state index in [1.54, 1.807) is 17.4 Å². The molecule has 0 saturated carbocycles. The van der Waals surface area contributed by atoms with Crippen molar-refractivity contribution in [3.8, 4) is 0 Å². The molecule has 1 heterocycles. The SMILES string of the molecule is C/C=C/C=C/C(=O)NCCc1nc(C)cs1. The normalized spacial score (nSPS) is 11.4. The van der Waals surface area contributed by atoms with Gasteiger partial charge in [-0.25, -0.2) is 4.98 Å². The quantitative estimate of drug-likeness (QED) is 0.629. The van der Waals surface area contributed by atoms with Crippen LogP contribution >= 0.6 is 11.3 Å². The number of nitrogens with one attached hydrogen (secondary N) is 1. The predicted octanol–water partition coefficient (Wildman–Crippen LogP) is 2.24. The first-order valence-electron chi connectivity index (χ1n) is 5.20. The lowest BCUT2D eigenvalue weighted by Gasteiger charge is -1.98. The van der Waals surface area contributed by atoms with E-state index in [1.807, 2.05) is 31.4 Å². The first kappa shape index (κ1) is 12.6. The van der Waals surface area contributed by atoms with E-state index in [9.17, 15) is 4.79 Å². The monoisotopic (exact) mass is 236 g/mol. The summed E-state index contributed by atoms with van der Waals surface area (Å²) in [7, 11) is 0. The molecule has 0 unspecified atom stereocenters. The molecule has 1 aromatic rings. The van der Waals surface area contributed by atoms with Gasteiger partial charge in [-0.05, 0) is 13.8 Å². The number of carbonyl (C=O) groups is 1. The number of amides is 1. The minimum Gasteiger partial charge on any atom is -0.352 e. The Morgan fingerprint density at radius 2 is 2.38 bits per heavy atom. The molecule has 0 aromatic carbocycles. The van der Waals surface area contributed by atoms with Crippen molar-refractivity contribution < 1.29 is 4.79 Å². The summed E-state index contributed by atoms with van der Waals surface area (Å²) in [5.74, 6) is -0.0635. The van der Waals surface area contributed by atoms with E-state index in [-0.39, 0.29) is 5.91 Å². The molecule has 1 amide bonds. The third-order valence-corrected chi connectivity index (χ3v) is 2.88. The molecule has 1 aromatic heterocycles. The van der Waals surface area contributed by atoms with Gasteiger partial charge < -0.3 is 5.32 Å². The first-order chi connectivity index (χ1) is 7.72. The van der Waals surface area contributed by atoms with Crippen LogP contribution in [0.1, 0.15) is 17.6 Å². The van der Waals surface area contributed by atoms with Crippen LogP contribution in [0, 0.1) is 6.92 Å². The third kappa shape index (κ3) is 4.89. The average Bonchev–Trinajstić information content (AvgIpc) is 2.65. The Bertz CT molecular complexity index is 393. The molecule has 1 rings (SSSR count). The molecular formula is C12H16N2OS. The second-order valence-electron chi connectivity index (χ2n) is 3.31. The van der Waals surface area contributed by atoms with Crippen LogP contribution in [0.25, 0.3) is 0 Å². The number of nitrogens with zero attached hydrogens (tertiary/aromatic N) is 1. The smallest absolute Gasteiger partial charge is 0.243 e. The summed E-state index contributed by atoms with van der Waals surface area (Å²) in [6.07, 6.45) is 7.74. The third-order valence-electron chi connectivity index (χ3n) is 1.86. The number of hydrogen-bond donors (Lipinski definition) is 1. The Hall–Kier alpha value is -1.42. The zero-order valence-corrected chi connectivity index (χ0v) is 10.4. The summed E-state index contributed by atoms with van der Waals surface area (Å²) in [4.78, 5) is 15.6. The van der Waals surface area contributed by atoms with Gasteiger partial charge in [-0.1, -0.05) is 18.2 Å². The molecule has 0 aliphatic carbocycles. The maximum absolute atomic E-state index is 11.3. The van der Waals surface area contributed by atoms with Crippen LogP contribution in [-0.2, 0) is 11.2 Å². The van der Waals surface area contributed by atoms with Crippen LogP contribution in [0.3, 0.4) is 0 Å². The second kappa shape index (κ2) is 6.95. The summed E-state index contributed by atoms with van der Waals surface area (Å²) in [5, 5.41) is 5.89. The molecule has 16 heavy (non-hydrogen) atoms. The van der Waals surface area contributed by atoms with Crippen molar-refractivity contribution in [1.82, 2.24) is 10.3 Å². The van der Waals surface area contributed by atoms with Crippen LogP contribution in [0.5, 0.6) is 0 Å². The molecule has 0 spiro atoms. The van der Waals surface area contributed by atoms with Crippen LogP contribution in [0.4, 0.5) is 0 Å². The van der Waals surface area contributed by atoms with Crippen molar-refractivity contribution in [1.29, 1.82) is 0 Å². The Morgan fingerprint density at radius 1 is 1.56 bits per heavy atom. The first-order valence-corrected chi connectivity index (χ1v) is 6.08. The Labute approximate surface area is 99.9 Å². The fraction of sp³-hybridized carbons (Fsp3) is 0.333. The van der Waals surface area contributed by atoms with Crippen LogP contribution in [0.2, 0.25) is 0 Å². The number of aryl methyl sites for hydroxylation is 1. The molecule has 0 bridgehead atoms. The van der Waals surface area contributed by atoms with Gasteiger partial charge in [0.15, 0.2) is 0 Å². The van der Waals surface area contributed by atoms with E-state index in [2.05, 4.69) is 10.3 Å². The molecule has 0 aliphatic rings. The van der Waals surface area contributed by atoms with Crippen molar-refractivity contribution in [2.75, 3.05) is 6.54 Å².